The fourth-order valence-corrected chi connectivity index (χ4v) is 2.57. The van der Waals surface area contributed by atoms with Crippen molar-refractivity contribution in [3.05, 3.63) is 124 Å². The first-order valence-electron chi connectivity index (χ1n) is 11.8. The van der Waals surface area contributed by atoms with Crippen molar-refractivity contribution in [3.8, 4) is 0 Å². The monoisotopic (exact) mass is 651 g/mol. The molecule has 45 heavy (non-hydrogen) atoms. The first kappa shape index (κ1) is 49.2. The Labute approximate surface area is 273 Å². The minimum atomic E-state index is -1.13. The summed E-state index contributed by atoms with van der Waals surface area (Å²) in [6, 6.07) is 27.8. The van der Waals surface area contributed by atoms with Crippen LogP contribution in [0.5, 0.6) is 0 Å². The summed E-state index contributed by atoms with van der Waals surface area (Å²) < 4.78 is 0. The van der Waals surface area contributed by atoms with Crippen molar-refractivity contribution in [2.75, 3.05) is 0 Å². The Morgan fingerprint density at radius 2 is 0.578 bits per heavy atom. The predicted octanol–water partition coefficient (Wildman–Crippen LogP) is 0.929. The molecule has 3 aromatic rings. The Balaban J connectivity index is -0.000000158. The first-order valence-corrected chi connectivity index (χ1v) is 11.8. The molecule has 3 aromatic carbocycles. The summed E-state index contributed by atoms with van der Waals surface area (Å²) in [6.07, 6.45) is 4.74. The number of carboxylic acids is 3. The van der Waals surface area contributed by atoms with Gasteiger partial charge in [-0.25, -0.2) is 0 Å². The molecular formula is C34H27FeO10. The molecule has 10 nitrogen and oxygen atoms in total. The normalized spacial score (nSPS) is 9.36. The molecule has 0 atom stereocenters. The number of benzene rings is 3. The third-order valence-corrected chi connectivity index (χ3v) is 4.51. The van der Waals surface area contributed by atoms with Crippen LogP contribution in [0.3, 0.4) is 0 Å². The summed E-state index contributed by atoms with van der Waals surface area (Å²) in [5, 5.41) is 31.0. The number of carbonyl (C=O) groups is 3. The van der Waals surface area contributed by atoms with Crippen LogP contribution in [-0.2, 0) is 50.6 Å². The molecule has 0 N–H and O–H groups in total. The van der Waals surface area contributed by atoms with Crippen molar-refractivity contribution in [1.82, 2.24) is 0 Å². The van der Waals surface area contributed by atoms with Crippen LogP contribution in [0.2, 0.25) is 0 Å². The smallest absolute Gasteiger partial charge is 0.545 e. The summed E-state index contributed by atoms with van der Waals surface area (Å²) >= 11 is 0. The van der Waals surface area contributed by atoms with Crippen molar-refractivity contribution in [2.24, 2.45) is 0 Å². The van der Waals surface area contributed by atoms with Crippen LogP contribution in [0.1, 0.15) is 37.5 Å². The Morgan fingerprint density at radius 3 is 0.711 bits per heavy atom. The van der Waals surface area contributed by atoms with Gasteiger partial charge in [0, 0.05) is 0 Å². The molecule has 0 aliphatic rings. The molecule has 0 spiro atoms. The number of rotatable bonds is 6. The van der Waals surface area contributed by atoms with Crippen LogP contribution in [0.15, 0.2) is 108 Å². The Kier molecular flexibility index (Phi) is 37.9. The minimum Gasteiger partial charge on any atom is -0.545 e. The van der Waals surface area contributed by atoms with Crippen molar-refractivity contribution in [1.29, 1.82) is 0 Å². The molecule has 0 aromatic heterocycles. The SMILES string of the molecule is CC(=Cc1ccccc1)C(=O)[O-].CC(=Cc1ccccc1)C(=O)[O-].CC(=Cc1ccccc1)C(=O)[O-].[C]=O.[C]=O.[C]=O.[C]=O.[Fe+3]. The van der Waals surface area contributed by atoms with E-state index in [1.54, 1.807) is 18.2 Å². The van der Waals surface area contributed by atoms with Crippen LogP contribution in [0.4, 0.5) is 0 Å². The van der Waals surface area contributed by atoms with E-state index in [1.165, 1.54) is 20.8 Å². The summed E-state index contributed by atoms with van der Waals surface area (Å²) in [5.41, 5.74) is 3.33. The van der Waals surface area contributed by atoms with Crippen molar-refractivity contribution in [3.63, 3.8) is 0 Å². The average Bonchev–Trinajstić information content (AvgIpc) is 3.07. The van der Waals surface area contributed by atoms with Crippen molar-refractivity contribution >= 4 is 63.3 Å². The molecule has 0 amide bonds. The fraction of sp³-hybridized carbons (Fsp3) is 0.0882. The quantitative estimate of drug-likeness (QED) is 0.274. The van der Waals surface area contributed by atoms with E-state index in [-0.39, 0.29) is 33.8 Å². The molecule has 0 saturated carbocycles. The van der Waals surface area contributed by atoms with E-state index < -0.39 is 17.9 Å². The second-order valence-electron chi connectivity index (χ2n) is 7.58. The zero-order valence-electron chi connectivity index (χ0n) is 24.3. The van der Waals surface area contributed by atoms with Crippen LogP contribution in [-0.4, -0.2) is 45.1 Å². The minimum absolute atomic E-state index is 0. The molecule has 0 bridgehead atoms. The maximum absolute atomic E-state index is 10.3. The van der Waals surface area contributed by atoms with Gasteiger partial charge in [-0.2, -0.15) is 0 Å². The van der Waals surface area contributed by atoms with E-state index in [9.17, 15) is 29.7 Å². The van der Waals surface area contributed by atoms with E-state index in [4.69, 9.17) is 19.2 Å². The van der Waals surface area contributed by atoms with E-state index in [2.05, 4.69) is 27.2 Å². The Hall–Kier alpha value is -5.51. The topological polar surface area (TPSA) is 189 Å². The van der Waals surface area contributed by atoms with Crippen molar-refractivity contribution in [2.45, 2.75) is 20.8 Å². The summed E-state index contributed by atoms with van der Waals surface area (Å²) in [5.74, 6) is -3.38. The fourth-order valence-electron chi connectivity index (χ4n) is 2.57. The molecule has 9 radical (unpaired) electrons. The molecule has 11 heteroatoms. The maximum atomic E-state index is 10.3. The second kappa shape index (κ2) is 34.7. The Morgan fingerprint density at radius 1 is 0.422 bits per heavy atom. The van der Waals surface area contributed by atoms with Gasteiger partial charge in [-0.3, -0.25) is 19.2 Å². The van der Waals surface area contributed by atoms with Gasteiger partial charge in [0.2, 0.25) is 0 Å². The van der Waals surface area contributed by atoms with Gasteiger partial charge in [-0.1, -0.05) is 109 Å². The van der Waals surface area contributed by atoms with Gasteiger partial charge in [-0.05, 0) is 54.2 Å². The summed E-state index contributed by atoms with van der Waals surface area (Å²) in [4.78, 5) is 61.0. The standard InChI is InChI=1S/3C10H10O2.4CO.Fe/c3*1-8(10(11)12)7-9-5-3-2-4-6-9;4*1-2;/h3*2-7H,1H3,(H,11,12);;;;;/q;;;;;;;+3/p-3. The molecular weight excluding hydrogens is 624 g/mol. The van der Waals surface area contributed by atoms with E-state index in [0.29, 0.717) is 0 Å². The molecule has 0 saturated heterocycles. The van der Waals surface area contributed by atoms with Gasteiger partial charge in [0.25, 0.3) is 27.2 Å². The molecule has 231 valence electrons. The molecule has 0 heterocycles. The first-order chi connectivity index (χ1) is 21.1. The maximum Gasteiger partial charge on any atom is 3.00 e. The molecule has 0 aliphatic heterocycles. The third kappa shape index (κ3) is 28.4. The van der Waals surface area contributed by atoms with Crippen LogP contribution in [0.25, 0.3) is 18.2 Å². The number of hydrogen-bond acceptors (Lipinski definition) is 10. The molecule has 0 aliphatic carbocycles. The molecule has 3 rings (SSSR count). The molecule has 0 unspecified atom stereocenters. The van der Waals surface area contributed by atoms with Crippen LogP contribution < -0.4 is 15.3 Å². The van der Waals surface area contributed by atoms with Gasteiger partial charge >= 0.3 is 17.1 Å². The van der Waals surface area contributed by atoms with E-state index in [0.717, 1.165) is 16.7 Å². The Bertz CT molecular complexity index is 1130. The summed E-state index contributed by atoms with van der Waals surface area (Å²) in [6.45, 7) is 22.5. The largest absolute Gasteiger partial charge is 3.00 e. The van der Waals surface area contributed by atoms with Gasteiger partial charge in [-0.15, -0.1) is 0 Å². The van der Waals surface area contributed by atoms with Gasteiger partial charge in [0.1, 0.15) is 0 Å². The van der Waals surface area contributed by atoms with Gasteiger partial charge in [0.05, 0.1) is 17.9 Å². The predicted molar refractivity (Wildman–Crippen MR) is 158 cm³/mol. The van der Waals surface area contributed by atoms with Crippen molar-refractivity contribution < 1.29 is 66.0 Å². The number of carboxylic acid groups (broad SMARTS) is 3. The number of carbonyl (C=O) groups excluding carboxylic acids is 7. The zero-order chi connectivity index (χ0) is 34.9. The van der Waals surface area contributed by atoms with E-state index in [1.807, 2.05) is 91.0 Å². The third-order valence-electron chi connectivity index (χ3n) is 4.51. The second-order valence-corrected chi connectivity index (χ2v) is 7.58. The average molecular weight is 651 g/mol. The van der Waals surface area contributed by atoms with E-state index >= 15 is 0 Å². The van der Waals surface area contributed by atoms with Crippen LogP contribution >= 0.6 is 0 Å². The van der Waals surface area contributed by atoms with Crippen LogP contribution in [0, 0.1) is 0 Å². The number of aliphatic carboxylic acids is 3. The van der Waals surface area contributed by atoms with Gasteiger partial charge in [0.15, 0.2) is 0 Å². The number of hydrogen-bond donors (Lipinski definition) is 0. The summed E-state index contributed by atoms with van der Waals surface area (Å²) in [7, 11) is 0. The van der Waals surface area contributed by atoms with Gasteiger partial charge < -0.3 is 29.7 Å². The zero-order valence-corrected chi connectivity index (χ0v) is 25.4. The molecule has 0 fully saturated rings.